The Balaban J connectivity index is 3.17. The SMILES string of the molecule is CCCN(CC(=O)N(C)C)c1nc(C)cc(C)c1CN. The molecule has 0 aliphatic rings. The standard InChI is InChI=1S/C15H26N4O/c1-6-7-19(10-14(20)18(4)5)15-13(9-16)11(2)8-12(3)17-15/h8H,6-7,9-10,16H2,1-5H3. The zero-order valence-electron chi connectivity index (χ0n) is 13.2. The molecule has 1 amide bonds. The maximum absolute atomic E-state index is 12.0. The highest BCUT2D eigenvalue weighted by Crippen LogP contribution is 2.22. The molecule has 1 heterocycles. The number of carbonyl (C=O) groups excluding carboxylic acids is 1. The minimum atomic E-state index is 0.0716. The summed E-state index contributed by atoms with van der Waals surface area (Å²) in [6.45, 7) is 7.67. The minimum Gasteiger partial charge on any atom is -0.347 e. The van der Waals surface area contributed by atoms with Crippen molar-refractivity contribution in [2.45, 2.75) is 33.7 Å². The third-order valence-corrected chi connectivity index (χ3v) is 3.28. The number of likely N-dealkylation sites (N-methyl/N-ethyl adjacent to an activating group) is 1. The number of rotatable bonds is 6. The van der Waals surface area contributed by atoms with Crippen molar-refractivity contribution in [3.05, 3.63) is 22.9 Å². The third-order valence-electron chi connectivity index (χ3n) is 3.28. The number of amides is 1. The molecule has 1 aromatic heterocycles. The lowest BCUT2D eigenvalue weighted by Gasteiger charge is -2.27. The van der Waals surface area contributed by atoms with Gasteiger partial charge in [0.2, 0.25) is 5.91 Å². The molecule has 0 aromatic carbocycles. The van der Waals surface area contributed by atoms with Gasteiger partial charge < -0.3 is 15.5 Å². The number of pyridine rings is 1. The van der Waals surface area contributed by atoms with Gasteiger partial charge >= 0.3 is 0 Å². The van der Waals surface area contributed by atoms with Gasteiger partial charge in [-0.2, -0.15) is 0 Å². The zero-order valence-corrected chi connectivity index (χ0v) is 13.2. The first-order chi connectivity index (χ1) is 9.40. The van der Waals surface area contributed by atoms with Crippen molar-refractivity contribution in [1.82, 2.24) is 9.88 Å². The highest BCUT2D eigenvalue weighted by Gasteiger charge is 2.18. The Bertz CT molecular complexity index is 471. The van der Waals surface area contributed by atoms with Crippen LogP contribution in [0.5, 0.6) is 0 Å². The van der Waals surface area contributed by atoms with E-state index in [1.165, 1.54) is 0 Å². The number of hydrogen-bond acceptors (Lipinski definition) is 4. The van der Waals surface area contributed by atoms with E-state index in [0.717, 1.165) is 35.6 Å². The second kappa shape index (κ2) is 7.24. The summed E-state index contributed by atoms with van der Waals surface area (Å²) in [6.07, 6.45) is 0.958. The summed E-state index contributed by atoms with van der Waals surface area (Å²) in [4.78, 5) is 20.2. The van der Waals surface area contributed by atoms with Crippen LogP contribution in [0.15, 0.2) is 6.07 Å². The number of aromatic nitrogens is 1. The van der Waals surface area contributed by atoms with Gasteiger partial charge in [0, 0.05) is 38.4 Å². The van der Waals surface area contributed by atoms with Gasteiger partial charge in [-0.25, -0.2) is 4.98 Å². The fourth-order valence-corrected chi connectivity index (χ4v) is 2.19. The highest BCUT2D eigenvalue weighted by atomic mass is 16.2. The average molecular weight is 278 g/mol. The maximum atomic E-state index is 12.0. The van der Waals surface area contributed by atoms with E-state index < -0.39 is 0 Å². The van der Waals surface area contributed by atoms with Crippen molar-refractivity contribution in [1.29, 1.82) is 0 Å². The molecule has 2 N–H and O–H groups in total. The Morgan fingerprint density at radius 3 is 2.50 bits per heavy atom. The van der Waals surface area contributed by atoms with Crippen molar-refractivity contribution < 1.29 is 4.79 Å². The molecule has 5 nitrogen and oxygen atoms in total. The number of nitrogens with zero attached hydrogens (tertiary/aromatic N) is 3. The molecule has 0 aliphatic carbocycles. The van der Waals surface area contributed by atoms with Crippen molar-refractivity contribution in [3.8, 4) is 0 Å². The number of hydrogen-bond donors (Lipinski definition) is 1. The zero-order chi connectivity index (χ0) is 15.3. The number of aryl methyl sites for hydroxylation is 2. The van der Waals surface area contributed by atoms with E-state index in [1.807, 2.05) is 24.8 Å². The third kappa shape index (κ3) is 3.93. The number of nitrogens with two attached hydrogens (primary N) is 1. The molecular weight excluding hydrogens is 252 g/mol. The molecule has 20 heavy (non-hydrogen) atoms. The topological polar surface area (TPSA) is 62.5 Å². The van der Waals surface area contributed by atoms with Gasteiger partial charge in [0.05, 0.1) is 6.54 Å². The van der Waals surface area contributed by atoms with Crippen LogP contribution in [0.1, 0.15) is 30.2 Å². The summed E-state index contributed by atoms with van der Waals surface area (Å²) in [5, 5.41) is 0. The lowest BCUT2D eigenvalue weighted by molar-refractivity contribution is -0.127. The van der Waals surface area contributed by atoms with Gasteiger partial charge in [0.15, 0.2) is 0 Å². The molecule has 0 bridgehead atoms. The molecule has 0 spiro atoms. The molecular formula is C15H26N4O. The Hall–Kier alpha value is -1.62. The largest absolute Gasteiger partial charge is 0.347 e. The van der Waals surface area contributed by atoms with Crippen LogP contribution in [-0.4, -0.2) is 43.0 Å². The monoisotopic (exact) mass is 278 g/mol. The first-order valence-electron chi connectivity index (χ1n) is 7.03. The van der Waals surface area contributed by atoms with Crippen LogP contribution in [0.4, 0.5) is 5.82 Å². The summed E-state index contributed by atoms with van der Waals surface area (Å²) in [5.41, 5.74) is 8.97. The van der Waals surface area contributed by atoms with Crippen LogP contribution in [0.3, 0.4) is 0 Å². The van der Waals surface area contributed by atoms with Crippen molar-refractivity contribution in [2.24, 2.45) is 5.73 Å². The lowest BCUT2D eigenvalue weighted by atomic mass is 10.1. The second-order valence-electron chi connectivity index (χ2n) is 5.30. The molecule has 0 fully saturated rings. The van der Waals surface area contributed by atoms with Gasteiger partial charge in [0.25, 0.3) is 0 Å². The molecule has 1 aromatic rings. The fraction of sp³-hybridized carbons (Fsp3) is 0.600. The van der Waals surface area contributed by atoms with Crippen molar-refractivity contribution in [3.63, 3.8) is 0 Å². The minimum absolute atomic E-state index is 0.0716. The van der Waals surface area contributed by atoms with E-state index in [4.69, 9.17) is 5.73 Å². The van der Waals surface area contributed by atoms with Gasteiger partial charge in [-0.1, -0.05) is 6.92 Å². The van der Waals surface area contributed by atoms with Crippen LogP contribution in [0.25, 0.3) is 0 Å². The van der Waals surface area contributed by atoms with E-state index in [2.05, 4.69) is 11.9 Å². The Kier molecular flexibility index (Phi) is 5.95. The molecule has 112 valence electrons. The Morgan fingerprint density at radius 1 is 1.35 bits per heavy atom. The second-order valence-corrected chi connectivity index (χ2v) is 5.30. The molecule has 0 unspecified atom stereocenters. The lowest BCUT2D eigenvalue weighted by Crippen LogP contribution is -2.38. The van der Waals surface area contributed by atoms with Crippen LogP contribution in [0, 0.1) is 13.8 Å². The summed E-state index contributed by atoms with van der Waals surface area (Å²) in [7, 11) is 3.54. The molecule has 1 rings (SSSR count). The summed E-state index contributed by atoms with van der Waals surface area (Å²) >= 11 is 0. The number of anilines is 1. The fourth-order valence-electron chi connectivity index (χ4n) is 2.19. The van der Waals surface area contributed by atoms with Gasteiger partial charge in [0.1, 0.15) is 5.82 Å². The quantitative estimate of drug-likeness (QED) is 0.856. The van der Waals surface area contributed by atoms with E-state index in [0.29, 0.717) is 13.1 Å². The molecule has 0 atom stereocenters. The van der Waals surface area contributed by atoms with Crippen LogP contribution < -0.4 is 10.6 Å². The van der Waals surface area contributed by atoms with E-state index in [1.54, 1.807) is 19.0 Å². The van der Waals surface area contributed by atoms with Gasteiger partial charge in [-0.3, -0.25) is 4.79 Å². The van der Waals surface area contributed by atoms with Gasteiger partial charge in [-0.05, 0) is 31.9 Å². The maximum Gasteiger partial charge on any atom is 0.241 e. The summed E-state index contributed by atoms with van der Waals surface area (Å²) in [5.74, 6) is 0.921. The van der Waals surface area contributed by atoms with E-state index >= 15 is 0 Å². The van der Waals surface area contributed by atoms with Gasteiger partial charge in [-0.15, -0.1) is 0 Å². The Labute approximate surface area is 121 Å². The highest BCUT2D eigenvalue weighted by molar-refractivity contribution is 5.81. The normalized spacial score (nSPS) is 10.5. The molecule has 0 saturated carbocycles. The predicted octanol–water partition coefficient (Wildman–Crippen LogP) is 1.46. The first-order valence-corrected chi connectivity index (χ1v) is 7.03. The van der Waals surface area contributed by atoms with Crippen molar-refractivity contribution in [2.75, 3.05) is 32.1 Å². The Morgan fingerprint density at radius 2 is 2.00 bits per heavy atom. The molecule has 0 aliphatic heterocycles. The first kappa shape index (κ1) is 16.4. The van der Waals surface area contributed by atoms with E-state index in [-0.39, 0.29) is 5.91 Å². The van der Waals surface area contributed by atoms with Crippen LogP contribution >= 0.6 is 0 Å². The molecule has 0 saturated heterocycles. The number of carbonyl (C=O) groups is 1. The summed E-state index contributed by atoms with van der Waals surface area (Å²) in [6, 6.07) is 2.03. The predicted molar refractivity (Wildman–Crippen MR) is 82.8 cm³/mol. The molecule has 5 heteroatoms. The summed E-state index contributed by atoms with van der Waals surface area (Å²) < 4.78 is 0. The van der Waals surface area contributed by atoms with Crippen molar-refractivity contribution >= 4 is 11.7 Å². The molecule has 0 radical (unpaired) electrons. The average Bonchev–Trinajstić information content (AvgIpc) is 2.37. The van der Waals surface area contributed by atoms with E-state index in [9.17, 15) is 4.79 Å². The van der Waals surface area contributed by atoms with Crippen LogP contribution in [-0.2, 0) is 11.3 Å². The van der Waals surface area contributed by atoms with Crippen LogP contribution in [0.2, 0.25) is 0 Å². The smallest absolute Gasteiger partial charge is 0.241 e.